The van der Waals surface area contributed by atoms with Gasteiger partial charge < -0.3 is 14.6 Å². The highest BCUT2D eigenvalue weighted by Crippen LogP contribution is 2.36. The van der Waals surface area contributed by atoms with Gasteiger partial charge in [-0.15, -0.1) is 0 Å². The van der Waals surface area contributed by atoms with Crippen molar-refractivity contribution in [1.82, 2.24) is 9.88 Å². The maximum atomic E-state index is 9.93. The monoisotopic (exact) mass is 378 g/mol. The summed E-state index contributed by atoms with van der Waals surface area (Å²) in [6.45, 7) is 4.41. The second-order valence-corrected chi connectivity index (χ2v) is 7.39. The summed E-state index contributed by atoms with van der Waals surface area (Å²) >= 11 is 0. The van der Waals surface area contributed by atoms with Crippen LogP contribution in [0.15, 0.2) is 42.5 Å². The first-order valence-corrected chi connectivity index (χ1v) is 9.61. The van der Waals surface area contributed by atoms with E-state index >= 15 is 0 Å². The molecule has 3 aromatic rings. The van der Waals surface area contributed by atoms with Crippen LogP contribution < -0.4 is 9.47 Å². The zero-order chi connectivity index (χ0) is 19.7. The van der Waals surface area contributed by atoms with Crippen LogP contribution in [-0.2, 0) is 6.54 Å². The van der Waals surface area contributed by atoms with E-state index in [1.807, 2.05) is 18.2 Å². The third kappa shape index (κ3) is 3.55. The molecule has 28 heavy (non-hydrogen) atoms. The zero-order valence-corrected chi connectivity index (χ0v) is 16.6. The highest BCUT2D eigenvalue weighted by Gasteiger charge is 2.23. The van der Waals surface area contributed by atoms with Crippen LogP contribution in [0.3, 0.4) is 0 Å². The van der Waals surface area contributed by atoms with E-state index in [-0.39, 0.29) is 6.10 Å². The van der Waals surface area contributed by atoms with E-state index in [1.165, 1.54) is 0 Å². The van der Waals surface area contributed by atoms with Crippen LogP contribution in [0, 0.1) is 6.92 Å². The normalized spacial score (nSPS) is 17.2. The number of hydrogen-bond donors (Lipinski definition) is 1. The van der Waals surface area contributed by atoms with E-state index in [0.717, 1.165) is 64.3 Å². The maximum absolute atomic E-state index is 9.93. The molecule has 4 rings (SSSR count). The van der Waals surface area contributed by atoms with Gasteiger partial charge in [-0.25, -0.2) is 4.98 Å². The number of ether oxygens (including phenoxy) is 2. The van der Waals surface area contributed by atoms with Crippen molar-refractivity contribution in [2.24, 2.45) is 0 Å². The maximum Gasteiger partial charge on any atom is 0.128 e. The summed E-state index contributed by atoms with van der Waals surface area (Å²) in [4.78, 5) is 7.34. The van der Waals surface area contributed by atoms with Gasteiger partial charge >= 0.3 is 0 Å². The van der Waals surface area contributed by atoms with Crippen LogP contribution in [0.4, 0.5) is 0 Å². The van der Waals surface area contributed by atoms with E-state index in [4.69, 9.17) is 14.5 Å². The highest BCUT2D eigenvalue weighted by molar-refractivity contribution is 5.87. The Morgan fingerprint density at radius 1 is 1.14 bits per heavy atom. The smallest absolute Gasteiger partial charge is 0.128 e. The van der Waals surface area contributed by atoms with Gasteiger partial charge in [0.1, 0.15) is 11.5 Å². The predicted molar refractivity (Wildman–Crippen MR) is 111 cm³/mol. The summed E-state index contributed by atoms with van der Waals surface area (Å²) in [5.74, 6) is 1.54. The van der Waals surface area contributed by atoms with Crippen LogP contribution in [-0.4, -0.2) is 48.4 Å². The fourth-order valence-electron chi connectivity index (χ4n) is 3.94. The first-order valence-electron chi connectivity index (χ1n) is 9.61. The van der Waals surface area contributed by atoms with Gasteiger partial charge in [-0.05, 0) is 48.7 Å². The fourth-order valence-corrected chi connectivity index (χ4v) is 3.94. The van der Waals surface area contributed by atoms with Crippen molar-refractivity contribution in [3.63, 3.8) is 0 Å². The molecule has 1 fully saturated rings. The molecule has 1 N–H and O–H groups in total. The van der Waals surface area contributed by atoms with Crippen LogP contribution in [0.2, 0.25) is 0 Å². The molecule has 2 heterocycles. The first kappa shape index (κ1) is 18.7. The van der Waals surface area contributed by atoms with Crippen molar-refractivity contribution < 1.29 is 14.6 Å². The average Bonchev–Trinajstić information content (AvgIpc) is 3.12. The largest absolute Gasteiger partial charge is 0.497 e. The Balaban J connectivity index is 1.90. The third-order valence-electron chi connectivity index (χ3n) is 5.43. The van der Waals surface area contributed by atoms with E-state index in [9.17, 15) is 5.11 Å². The third-order valence-corrected chi connectivity index (χ3v) is 5.43. The van der Waals surface area contributed by atoms with Crippen molar-refractivity contribution in [3.8, 4) is 22.8 Å². The molecule has 5 heteroatoms. The minimum atomic E-state index is -0.245. The van der Waals surface area contributed by atoms with Gasteiger partial charge in [0, 0.05) is 30.6 Å². The summed E-state index contributed by atoms with van der Waals surface area (Å²) in [5.41, 5.74) is 5.08. The Bertz CT molecular complexity index is 1000. The number of pyridine rings is 1. The number of fused-ring (bicyclic) bond motifs is 1. The Kier molecular flexibility index (Phi) is 5.20. The fraction of sp³-hybridized carbons (Fsp3) is 0.348. The Hall–Kier alpha value is -2.63. The minimum absolute atomic E-state index is 0.245. The van der Waals surface area contributed by atoms with Crippen LogP contribution in [0.25, 0.3) is 22.2 Å². The van der Waals surface area contributed by atoms with Gasteiger partial charge in [0.15, 0.2) is 0 Å². The highest BCUT2D eigenvalue weighted by atomic mass is 16.5. The summed E-state index contributed by atoms with van der Waals surface area (Å²) in [6, 6.07) is 14.3. The lowest BCUT2D eigenvalue weighted by molar-refractivity contribution is 0.175. The standard InChI is InChI=1S/C23H26N2O3/c1-15-5-4-6-16-11-17(13-25-10-9-18(26)14-25)23(24-22(15)16)20-12-19(27-2)7-8-21(20)28-3/h4-8,11-12,18,26H,9-10,13-14H2,1-3H3. The molecule has 0 spiro atoms. The lowest BCUT2D eigenvalue weighted by Gasteiger charge is -2.20. The van der Waals surface area contributed by atoms with Gasteiger partial charge in [0.2, 0.25) is 0 Å². The number of para-hydroxylation sites is 1. The number of aromatic nitrogens is 1. The molecule has 1 aromatic heterocycles. The predicted octanol–water partition coefficient (Wildman–Crippen LogP) is 3.79. The number of likely N-dealkylation sites (tertiary alicyclic amines) is 1. The van der Waals surface area contributed by atoms with Crippen molar-refractivity contribution in [2.45, 2.75) is 26.0 Å². The zero-order valence-electron chi connectivity index (χ0n) is 16.6. The van der Waals surface area contributed by atoms with Crippen molar-refractivity contribution in [3.05, 3.63) is 53.6 Å². The van der Waals surface area contributed by atoms with E-state index in [2.05, 4.69) is 36.1 Å². The molecule has 146 valence electrons. The molecule has 1 atom stereocenters. The van der Waals surface area contributed by atoms with Gasteiger partial charge in [0.25, 0.3) is 0 Å². The number of nitrogens with zero attached hydrogens (tertiary/aromatic N) is 2. The van der Waals surface area contributed by atoms with Crippen molar-refractivity contribution in [2.75, 3.05) is 27.3 Å². The number of methoxy groups -OCH3 is 2. The van der Waals surface area contributed by atoms with E-state index in [0.29, 0.717) is 6.54 Å². The number of β-amino-alcohol motifs (C(OH)–C–C–N with tert-alkyl or cyclic N) is 1. The molecule has 1 aliphatic rings. The summed E-state index contributed by atoms with van der Waals surface area (Å²) in [5, 5.41) is 11.1. The molecule has 5 nitrogen and oxygen atoms in total. The Morgan fingerprint density at radius 2 is 2.00 bits per heavy atom. The number of hydrogen-bond acceptors (Lipinski definition) is 5. The number of benzene rings is 2. The van der Waals surface area contributed by atoms with Crippen LogP contribution in [0.5, 0.6) is 11.5 Å². The molecule has 2 aromatic carbocycles. The molecule has 1 saturated heterocycles. The quantitative estimate of drug-likeness (QED) is 0.732. The van der Waals surface area contributed by atoms with E-state index in [1.54, 1.807) is 14.2 Å². The Morgan fingerprint density at radius 3 is 2.71 bits per heavy atom. The SMILES string of the molecule is COc1ccc(OC)c(-c2nc3c(C)cccc3cc2CN2CCC(O)C2)c1. The molecule has 0 saturated carbocycles. The number of aryl methyl sites for hydroxylation is 1. The first-order chi connectivity index (χ1) is 13.6. The Labute approximate surface area is 165 Å². The summed E-state index contributed by atoms with van der Waals surface area (Å²) < 4.78 is 11.1. The summed E-state index contributed by atoms with van der Waals surface area (Å²) in [6.07, 6.45) is 0.572. The van der Waals surface area contributed by atoms with Crippen molar-refractivity contribution >= 4 is 10.9 Å². The lowest BCUT2D eigenvalue weighted by Crippen LogP contribution is -2.22. The number of rotatable bonds is 5. The molecular formula is C23H26N2O3. The molecule has 0 radical (unpaired) electrons. The average molecular weight is 378 g/mol. The topological polar surface area (TPSA) is 54.8 Å². The molecule has 0 amide bonds. The van der Waals surface area contributed by atoms with Crippen molar-refractivity contribution in [1.29, 1.82) is 0 Å². The molecular weight excluding hydrogens is 352 g/mol. The van der Waals surface area contributed by atoms with Gasteiger partial charge in [-0.2, -0.15) is 0 Å². The number of aliphatic hydroxyl groups is 1. The lowest BCUT2D eigenvalue weighted by atomic mass is 10.0. The van der Waals surface area contributed by atoms with Crippen LogP contribution in [0.1, 0.15) is 17.5 Å². The second kappa shape index (κ2) is 7.78. The number of aliphatic hydroxyl groups excluding tert-OH is 1. The summed E-state index contributed by atoms with van der Waals surface area (Å²) in [7, 11) is 3.34. The molecule has 1 aliphatic heterocycles. The second-order valence-electron chi connectivity index (χ2n) is 7.39. The molecule has 0 aliphatic carbocycles. The molecule has 1 unspecified atom stereocenters. The minimum Gasteiger partial charge on any atom is -0.497 e. The molecule has 0 bridgehead atoms. The van der Waals surface area contributed by atoms with Gasteiger partial charge in [0.05, 0.1) is 31.5 Å². The van der Waals surface area contributed by atoms with Crippen LogP contribution >= 0.6 is 0 Å². The van der Waals surface area contributed by atoms with Gasteiger partial charge in [-0.3, -0.25) is 4.90 Å². The van der Waals surface area contributed by atoms with Gasteiger partial charge in [-0.1, -0.05) is 18.2 Å². The van der Waals surface area contributed by atoms with E-state index < -0.39 is 0 Å².